The number of halogens is 2. The molecule has 0 spiro atoms. The Morgan fingerprint density at radius 2 is 1.95 bits per heavy atom. The Hall–Kier alpha value is -4.12. The molecule has 13 heteroatoms. The summed E-state index contributed by atoms with van der Waals surface area (Å²) in [5.41, 5.74) is 2.87. The van der Waals surface area contributed by atoms with Gasteiger partial charge >= 0.3 is 0 Å². The number of likely N-dealkylation sites (tertiary alicyclic amines) is 1. The number of carbonyl (C=O) groups is 1. The summed E-state index contributed by atoms with van der Waals surface area (Å²) in [7, 11) is 1.78. The first-order valence-corrected chi connectivity index (χ1v) is 14.5. The smallest absolute Gasteiger partial charge is 0.236 e. The van der Waals surface area contributed by atoms with E-state index in [0.717, 1.165) is 0 Å². The van der Waals surface area contributed by atoms with Gasteiger partial charge in [0, 0.05) is 51.9 Å². The maximum Gasteiger partial charge on any atom is 0.236 e. The zero-order chi connectivity index (χ0) is 30.4. The van der Waals surface area contributed by atoms with Crippen molar-refractivity contribution in [2.75, 3.05) is 62.7 Å². The molecule has 2 aliphatic heterocycles. The summed E-state index contributed by atoms with van der Waals surface area (Å²) in [6, 6.07) is 7.95. The Labute approximate surface area is 247 Å². The van der Waals surface area contributed by atoms with Crippen molar-refractivity contribution in [3.63, 3.8) is 0 Å². The molecule has 0 aliphatic carbocycles. The number of aliphatic hydroxyl groups is 1. The highest BCUT2D eigenvalue weighted by atomic mass is 32.1. The molecular formula is C29H30F2N8O2S. The zero-order valence-corrected chi connectivity index (χ0v) is 24.0. The fourth-order valence-corrected chi connectivity index (χ4v) is 6.20. The number of anilines is 3. The fraction of sp³-hybridized carbons (Fsp3) is 0.379. The average Bonchev–Trinajstić information content (AvgIpc) is 3.58. The average molecular weight is 594 g/mol. The van der Waals surface area contributed by atoms with Gasteiger partial charge in [-0.2, -0.15) is 10.4 Å². The molecule has 2 saturated heterocycles. The van der Waals surface area contributed by atoms with Crippen LogP contribution in [0.1, 0.15) is 18.9 Å². The van der Waals surface area contributed by atoms with Crippen molar-refractivity contribution in [2.45, 2.75) is 19.4 Å². The van der Waals surface area contributed by atoms with Crippen molar-refractivity contribution in [1.82, 2.24) is 24.4 Å². The van der Waals surface area contributed by atoms with Gasteiger partial charge in [0.2, 0.25) is 5.91 Å². The van der Waals surface area contributed by atoms with Crippen molar-refractivity contribution in [1.29, 1.82) is 5.26 Å². The molecule has 218 valence electrons. The van der Waals surface area contributed by atoms with E-state index in [4.69, 9.17) is 6.35 Å². The quantitative estimate of drug-likeness (QED) is 0.348. The number of nitrogens with zero attached hydrogens (tertiary/aromatic N) is 8. The second-order valence-electron chi connectivity index (χ2n) is 10.5. The summed E-state index contributed by atoms with van der Waals surface area (Å²) >= 11 is 1.17. The van der Waals surface area contributed by atoms with Gasteiger partial charge in [-0.25, -0.2) is 18.3 Å². The van der Waals surface area contributed by atoms with E-state index in [-0.39, 0.29) is 30.0 Å². The number of aryl methyl sites for hydroxylation is 1. The third kappa shape index (κ3) is 5.17. The molecule has 0 unspecified atom stereocenters. The van der Waals surface area contributed by atoms with E-state index in [1.54, 1.807) is 29.0 Å². The zero-order valence-electron chi connectivity index (χ0n) is 24.2. The number of amides is 1. The maximum atomic E-state index is 15.5. The molecule has 42 heavy (non-hydrogen) atoms. The Morgan fingerprint density at radius 3 is 2.60 bits per heavy atom. The van der Waals surface area contributed by atoms with Crippen molar-refractivity contribution in [3.8, 4) is 17.3 Å². The van der Waals surface area contributed by atoms with E-state index in [1.165, 1.54) is 34.2 Å². The van der Waals surface area contributed by atoms with Crippen LogP contribution in [0.5, 0.6) is 0 Å². The molecule has 1 N–H and O–H groups in total. The number of fused-ring (bicyclic) bond motifs is 1. The summed E-state index contributed by atoms with van der Waals surface area (Å²) in [6.07, 6.45) is 1.35. The normalized spacial score (nSPS) is 16.4. The van der Waals surface area contributed by atoms with E-state index < -0.39 is 11.9 Å². The highest BCUT2D eigenvalue weighted by Crippen LogP contribution is 2.39. The van der Waals surface area contributed by atoms with Gasteiger partial charge in [-0.05, 0) is 36.7 Å². The minimum absolute atomic E-state index is 0.0102. The van der Waals surface area contributed by atoms with Crippen molar-refractivity contribution < 1.29 is 20.1 Å². The van der Waals surface area contributed by atoms with Crippen molar-refractivity contribution in [3.05, 3.63) is 58.7 Å². The topological polar surface area (TPSA) is 104 Å². The minimum atomic E-state index is -0.560. The standard InChI is InChI=1S/C29H30F2N8O2S/c1-3-22-28(35(2)29-33-27(25(13-32)42-29)18-4-6-19(30)7-5-18)24-12-23(21(31)16-39(24)34-22)37-10-8-36(9-11-37)17-26(41)38-14-20(40)15-38/h4-7,12,16,20,40H,3,8-11,14-15,17H2,1-2H3/i12D. The third-order valence-electron chi connectivity index (χ3n) is 7.71. The third-order valence-corrected chi connectivity index (χ3v) is 8.75. The van der Waals surface area contributed by atoms with E-state index in [0.29, 0.717) is 83.9 Å². The number of β-amino-alcohol motifs (C(OH)–C–C–N with tert-alkyl or cyclic N) is 1. The molecule has 10 nitrogen and oxygen atoms in total. The van der Waals surface area contributed by atoms with Gasteiger partial charge in [-0.3, -0.25) is 9.69 Å². The molecule has 2 aliphatic rings. The first kappa shape index (κ1) is 26.8. The number of benzene rings is 1. The van der Waals surface area contributed by atoms with Crippen LogP contribution in [0.2, 0.25) is 0 Å². The molecular weight excluding hydrogens is 562 g/mol. The molecule has 0 saturated carbocycles. The largest absolute Gasteiger partial charge is 0.389 e. The number of hydrogen-bond donors (Lipinski definition) is 1. The van der Waals surface area contributed by atoms with Gasteiger partial charge < -0.3 is 19.8 Å². The van der Waals surface area contributed by atoms with Gasteiger partial charge in [0.05, 0.1) is 42.8 Å². The monoisotopic (exact) mass is 593 g/mol. The Kier molecular flexibility index (Phi) is 7.19. The predicted octanol–water partition coefficient (Wildman–Crippen LogP) is 3.26. The van der Waals surface area contributed by atoms with Crippen molar-refractivity contribution in [2.24, 2.45) is 0 Å². The van der Waals surface area contributed by atoms with Crippen LogP contribution in [0.3, 0.4) is 0 Å². The maximum absolute atomic E-state index is 15.5. The number of aromatic nitrogens is 3. The van der Waals surface area contributed by atoms with Gasteiger partial charge in [-0.15, -0.1) is 0 Å². The number of thiazole rings is 1. The number of piperazine rings is 1. The lowest BCUT2D eigenvalue weighted by Crippen LogP contribution is -2.57. The molecule has 3 aromatic heterocycles. The summed E-state index contributed by atoms with van der Waals surface area (Å²) in [6.45, 7) is 4.82. The van der Waals surface area contributed by atoms with Gasteiger partial charge in [-0.1, -0.05) is 18.3 Å². The lowest BCUT2D eigenvalue weighted by molar-refractivity contribution is -0.142. The first-order chi connectivity index (χ1) is 20.7. The van der Waals surface area contributed by atoms with Crippen LogP contribution < -0.4 is 9.80 Å². The van der Waals surface area contributed by atoms with Gasteiger partial charge in [0.1, 0.15) is 22.5 Å². The highest BCUT2D eigenvalue weighted by Gasteiger charge is 2.31. The Bertz CT molecular complexity index is 1720. The Morgan fingerprint density at radius 1 is 1.24 bits per heavy atom. The molecule has 6 rings (SSSR count). The molecule has 4 aromatic rings. The second-order valence-corrected chi connectivity index (χ2v) is 11.4. The first-order valence-electron chi connectivity index (χ1n) is 14.2. The van der Waals surface area contributed by atoms with Crippen molar-refractivity contribution >= 4 is 39.3 Å². The molecule has 5 heterocycles. The molecule has 0 atom stereocenters. The number of aliphatic hydroxyl groups excluding tert-OH is 1. The van der Waals surface area contributed by atoms with E-state index in [2.05, 4.69) is 11.2 Å². The van der Waals surface area contributed by atoms with Gasteiger partial charge in [0.25, 0.3) is 0 Å². The van der Waals surface area contributed by atoms with E-state index in [1.807, 2.05) is 16.7 Å². The summed E-state index contributed by atoms with van der Waals surface area (Å²) < 4.78 is 39.6. The summed E-state index contributed by atoms with van der Waals surface area (Å²) in [5, 5.41) is 24.3. The van der Waals surface area contributed by atoms with E-state index >= 15 is 4.39 Å². The van der Waals surface area contributed by atoms with Crippen LogP contribution in [-0.4, -0.2) is 94.4 Å². The van der Waals surface area contributed by atoms with Crippen LogP contribution in [0.15, 0.2) is 36.5 Å². The van der Waals surface area contributed by atoms with Crippen LogP contribution in [-0.2, 0) is 11.2 Å². The molecule has 1 amide bonds. The van der Waals surface area contributed by atoms with E-state index in [9.17, 15) is 19.6 Å². The lowest BCUT2D eigenvalue weighted by atomic mass is 10.1. The number of hydrogen-bond acceptors (Lipinski definition) is 9. The van der Waals surface area contributed by atoms with Crippen LogP contribution in [0.4, 0.5) is 25.3 Å². The minimum Gasteiger partial charge on any atom is -0.389 e. The second kappa shape index (κ2) is 11.3. The molecule has 1 aromatic carbocycles. The highest BCUT2D eigenvalue weighted by molar-refractivity contribution is 7.16. The van der Waals surface area contributed by atoms with Crippen LogP contribution in [0, 0.1) is 23.0 Å². The lowest BCUT2D eigenvalue weighted by Gasteiger charge is -2.39. The summed E-state index contributed by atoms with van der Waals surface area (Å²) in [5.74, 6) is -0.978. The fourth-order valence-electron chi connectivity index (χ4n) is 5.35. The van der Waals surface area contributed by atoms with Crippen LogP contribution in [0.25, 0.3) is 16.8 Å². The van der Waals surface area contributed by atoms with Gasteiger partial charge in [0.15, 0.2) is 10.9 Å². The number of nitriles is 1. The number of carbonyl (C=O) groups excluding carboxylic acids is 1. The Balaban J connectivity index is 1.30. The number of rotatable bonds is 7. The SMILES string of the molecule is [2H]c1c(N2CCN(CC(=O)N3CC(O)C3)CC2)c(F)cn2nc(CC)c(N(C)c3nc(-c4ccc(F)cc4)c(C#N)s3)c12. The number of pyridine rings is 1. The predicted molar refractivity (Wildman–Crippen MR) is 156 cm³/mol. The molecule has 0 radical (unpaired) electrons. The molecule has 0 bridgehead atoms. The molecule has 2 fully saturated rings. The van der Waals surface area contributed by atoms with Crippen LogP contribution >= 0.6 is 11.3 Å². The summed E-state index contributed by atoms with van der Waals surface area (Å²) in [4.78, 5) is 24.8.